The molecule has 0 aliphatic rings. The van der Waals surface area contributed by atoms with Gasteiger partial charge >= 0.3 is 0 Å². The Morgan fingerprint density at radius 2 is 0.758 bits per heavy atom. The second-order valence-corrected chi connectivity index (χ2v) is 17.2. The lowest BCUT2D eigenvalue weighted by atomic mass is 9.86. The monoisotopic (exact) mass is 835 g/mol. The van der Waals surface area contributed by atoms with Crippen molar-refractivity contribution in [3.63, 3.8) is 0 Å². The largest absolute Gasteiger partial charge is 0.228 e. The summed E-state index contributed by atoms with van der Waals surface area (Å²) in [6.07, 6.45) is 0. The molecule has 13 rings (SSSR count). The lowest BCUT2D eigenvalue weighted by molar-refractivity contribution is 1.18. The summed E-state index contributed by atoms with van der Waals surface area (Å²) in [6, 6.07) is 82.4. The predicted octanol–water partition coefficient (Wildman–Crippen LogP) is 16.7. The highest BCUT2D eigenvalue weighted by atomic mass is 14.9. The lowest BCUT2D eigenvalue weighted by Crippen LogP contribution is -1.97. The highest BCUT2D eigenvalue weighted by Crippen LogP contribution is 2.45. The van der Waals surface area contributed by atoms with E-state index in [9.17, 15) is 5.26 Å². The fourth-order valence-corrected chi connectivity index (χ4v) is 10.3. The summed E-state index contributed by atoms with van der Waals surface area (Å²) in [5.41, 5.74) is 12.0. The first-order valence-corrected chi connectivity index (χ1v) is 22.4. The van der Waals surface area contributed by atoms with Crippen molar-refractivity contribution in [1.29, 1.82) is 5.26 Å². The van der Waals surface area contributed by atoms with Crippen LogP contribution < -0.4 is 0 Å². The minimum absolute atomic E-state index is 0.631. The van der Waals surface area contributed by atoms with E-state index in [2.05, 4.69) is 176 Å². The molecule has 0 bridgehead atoms. The molecule has 0 amide bonds. The lowest BCUT2D eigenvalue weighted by Gasteiger charge is -2.17. The molecule has 0 spiro atoms. The average Bonchev–Trinajstić information content (AvgIpc) is 3.39. The van der Waals surface area contributed by atoms with Gasteiger partial charge in [0.25, 0.3) is 0 Å². The highest BCUT2D eigenvalue weighted by molar-refractivity contribution is 6.37. The molecule has 0 saturated carbocycles. The van der Waals surface area contributed by atoms with Gasteiger partial charge in [-0.2, -0.15) is 5.26 Å². The predicted molar refractivity (Wildman–Crippen MR) is 276 cm³/mol. The Labute approximate surface area is 381 Å². The molecule has 0 fully saturated rings. The maximum Gasteiger partial charge on any atom is 0.160 e. The first-order valence-electron chi connectivity index (χ1n) is 22.4. The Hall–Kier alpha value is -8.97. The van der Waals surface area contributed by atoms with Crippen LogP contribution in [0.3, 0.4) is 0 Å². The molecule has 0 saturated heterocycles. The number of hydrogen-bond acceptors (Lipinski definition) is 3. The molecule has 1 aromatic heterocycles. The van der Waals surface area contributed by atoms with E-state index in [1.807, 2.05) is 54.6 Å². The number of benzene rings is 11. The summed E-state index contributed by atoms with van der Waals surface area (Å²) in [5, 5.41) is 24.8. The van der Waals surface area contributed by atoms with Crippen molar-refractivity contribution in [3.8, 4) is 73.4 Å². The quantitative estimate of drug-likeness (QED) is 0.157. The highest BCUT2D eigenvalue weighted by Gasteiger charge is 2.18. The van der Waals surface area contributed by atoms with Crippen LogP contribution in [0.15, 0.2) is 224 Å². The van der Waals surface area contributed by atoms with E-state index in [4.69, 9.17) is 9.97 Å². The van der Waals surface area contributed by atoms with Gasteiger partial charge in [0.05, 0.1) is 23.0 Å². The molecule has 3 nitrogen and oxygen atoms in total. The standard InChI is InChI=1S/C63H37N3/c64-38-39-19-21-43(22-20-39)51-14-4-5-15-52(51)58-37-57(65-63(66-58)48-9-2-1-3-10-48)44-29-27-41(28-30-44)40-23-25-42(26-24-40)50-35-49-34-33-47-12-7-17-54-53-16-6-11-45-31-32-46-13-8-18-55(61(46)59(45)53)56(36-50)62(49)60(47)54/h1-37H. The van der Waals surface area contributed by atoms with E-state index < -0.39 is 0 Å². The Morgan fingerprint density at radius 3 is 1.35 bits per heavy atom. The van der Waals surface area contributed by atoms with E-state index in [1.165, 1.54) is 75.8 Å². The van der Waals surface area contributed by atoms with Gasteiger partial charge in [0.15, 0.2) is 5.82 Å². The van der Waals surface area contributed by atoms with Crippen LogP contribution in [0.1, 0.15) is 5.56 Å². The van der Waals surface area contributed by atoms with E-state index in [-0.39, 0.29) is 0 Å². The van der Waals surface area contributed by atoms with Crippen molar-refractivity contribution in [2.24, 2.45) is 0 Å². The van der Waals surface area contributed by atoms with Crippen molar-refractivity contribution in [1.82, 2.24) is 9.97 Å². The van der Waals surface area contributed by atoms with Crippen molar-refractivity contribution in [2.45, 2.75) is 0 Å². The van der Waals surface area contributed by atoms with Crippen LogP contribution in [0, 0.1) is 11.3 Å². The minimum atomic E-state index is 0.631. The fraction of sp³-hybridized carbons (Fsp3) is 0. The molecule has 0 unspecified atom stereocenters. The molecule has 304 valence electrons. The number of nitriles is 1. The third kappa shape index (κ3) is 6.12. The van der Waals surface area contributed by atoms with Crippen molar-refractivity contribution >= 4 is 64.6 Å². The summed E-state index contributed by atoms with van der Waals surface area (Å²) < 4.78 is 0. The van der Waals surface area contributed by atoms with Gasteiger partial charge in [-0.05, 0) is 128 Å². The summed E-state index contributed by atoms with van der Waals surface area (Å²) in [4.78, 5) is 10.3. The zero-order valence-electron chi connectivity index (χ0n) is 35.7. The van der Waals surface area contributed by atoms with Gasteiger partial charge in [0.1, 0.15) is 0 Å². The van der Waals surface area contributed by atoms with E-state index in [0.717, 1.165) is 50.3 Å². The summed E-state index contributed by atoms with van der Waals surface area (Å²) in [5.74, 6) is 0.665. The Morgan fingerprint density at radius 1 is 0.288 bits per heavy atom. The third-order valence-corrected chi connectivity index (χ3v) is 13.4. The molecule has 12 aromatic carbocycles. The van der Waals surface area contributed by atoms with Crippen molar-refractivity contribution < 1.29 is 0 Å². The second-order valence-electron chi connectivity index (χ2n) is 17.2. The van der Waals surface area contributed by atoms with E-state index >= 15 is 0 Å². The molecular weight excluding hydrogens is 799 g/mol. The number of hydrogen-bond donors (Lipinski definition) is 0. The van der Waals surface area contributed by atoms with Gasteiger partial charge in [-0.25, -0.2) is 9.97 Å². The van der Waals surface area contributed by atoms with Crippen molar-refractivity contribution in [2.75, 3.05) is 0 Å². The number of fused-ring (bicyclic) bond motifs is 2. The average molecular weight is 836 g/mol. The Balaban J connectivity index is 0.896. The Kier molecular flexibility index (Phi) is 8.59. The maximum absolute atomic E-state index is 9.42. The van der Waals surface area contributed by atoms with Gasteiger partial charge in [-0.3, -0.25) is 0 Å². The van der Waals surface area contributed by atoms with Crippen LogP contribution in [-0.4, -0.2) is 9.97 Å². The van der Waals surface area contributed by atoms with Gasteiger partial charge in [0, 0.05) is 16.7 Å². The third-order valence-electron chi connectivity index (χ3n) is 13.4. The molecule has 0 N–H and O–H groups in total. The molecular formula is C63H37N3. The fourth-order valence-electron chi connectivity index (χ4n) is 10.3. The van der Waals surface area contributed by atoms with E-state index in [0.29, 0.717) is 11.4 Å². The minimum Gasteiger partial charge on any atom is -0.228 e. The number of aromatic nitrogens is 2. The first kappa shape index (κ1) is 37.6. The number of rotatable bonds is 6. The van der Waals surface area contributed by atoms with Crippen LogP contribution in [0.25, 0.3) is 132 Å². The summed E-state index contributed by atoms with van der Waals surface area (Å²) >= 11 is 0. The molecule has 0 aliphatic carbocycles. The maximum atomic E-state index is 9.42. The molecule has 0 aliphatic heterocycles. The topological polar surface area (TPSA) is 49.6 Å². The summed E-state index contributed by atoms with van der Waals surface area (Å²) in [7, 11) is 0. The molecule has 66 heavy (non-hydrogen) atoms. The second kappa shape index (κ2) is 15.1. The molecule has 0 radical (unpaired) electrons. The van der Waals surface area contributed by atoms with Gasteiger partial charge in [-0.15, -0.1) is 0 Å². The van der Waals surface area contributed by atoms with Crippen LogP contribution in [0.5, 0.6) is 0 Å². The zero-order chi connectivity index (χ0) is 43.7. The van der Waals surface area contributed by atoms with Crippen LogP contribution in [0.4, 0.5) is 0 Å². The van der Waals surface area contributed by atoms with Gasteiger partial charge in [-0.1, -0.05) is 194 Å². The van der Waals surface area contributed by atoms with Crippen LogP contribution >= 0.6 is 0 Å². The van der Waals surface area contributed by atoms with Crippen LogP contribution in [-0.2, 0) is 0 Å². The molecule has 0 atom stereocenters. The normalized spacial score (nSPS) is 11.6. The summed E-state index contributed by atoms with van der Waals surface area (Å²) in [6.45, 7) is 0. The molecule has 13 aromatic rings. The molecule has 1 heterocycles. The smallest absolute Gasteiger partial charge is 0.160 e. The number of nitrogens with zero attached hydrogens (tertiary/aromatic N) is 3. The first-order chi connectivity index (χ1) is 32.6. The molecule has 3 heteroatoms. The van der Waals surface area contributed by atoms with E-state index in [1.54, 1.807) is 0 Å². The van der Waals surface area contributed by atoms with Crippen molar-refractivity contribution in [3.05, 3.63) is 230 Å². The van der Waals surface area contributed by atoms with Crippen LogP contribution in [0.2, 0.25) is 0 Å². The Bertz CT molecular complexity index is 4070. The van der Waals surface area contributed by atoms with Gasteiger partial charge in [0.2, 0.25) is 0 Å². The zero-order valence-corrected chi connectivity index (χ0v) is 35.7. The SMILES string of the molecule is N#Cc1ccc(-c2ccccc2-c2cc(-c3ccc(-c4ccc(-c5cc6ccc7cccc8c9cccc%10ccc%11cccc(c(c5)c6c78)c%11c%109)cc4)cc3)nc(-c3ccccc3)n2)cc1. The van der Waals surface area contributed by atoms with Gasteiger partial charge < -0.3 is 0 Å².